The Balaban J connectivity index is 1.48. The van der Waals surface area contributed by atoms with Gasteiger partial charge in [0.05, 0.1) is 10.3 Å². The molecule has 0 aliphatic carbocycles. The molecule has 9 nitrogen and oxygen atoms in total. The van der Waals surface area contributed by atoms with Gasteiger partial charge < -0.3 is 9.42 Å². The summed E-state index contributed by atoms with van der Waals surface area (Å²) >= 11 is 4.53. The van der Waals surface area contributed by atoms with E-state index in [9.17, 15) is 13.2 Å². The third-order valence-electron chi connectivity index (χ3n) is 5.02. The van der Waals surface area contributed by atoms with Crippen LogP contribution in [0, 0.1) is 0 Å². The van der Waals surface area contributed by atoms with Crippen molar-refractivity contribution in [1.82, 2.24) is 24.2 Å². The molecule has 1 aliphatic rings. The fourth-order valence-electron chi connectivity index (χ4n) is 3.30. The lowest BCUT2D eigenvalue weighted by atomic mass is 10.2. The molecule has 1 saturated heterocycles. The first-order valence-electron chi connectivity index (χ1n) is 9.90. The number of aryl methyl sites for hydroxylation is 1. The normalized spacial score (nSPS) is 16.1. The number of carbonyl (C=O) groups is 1. The predicted octanol–water partition coefficient (Wildman–Crippen LogP) is 2.20. The van der Waals surface area contributed by atoms with E-state index >= 15 is 0 Å². The minimum absolute atomic E-state index is 0.0786. The Bertz CT molecular complexity index is 949. The standard InChI is InChI=1S/C18H26BrN5O4S2/c1-3-23(4-2)17(25)7-6-16-20-15(21-28-16)13-22-9-11-24(12-10-22)30(26,27)18-8-5-14(19)29-18/h5,8H,3-4,6-7,9-13H2,1-2H3. The van der Waals surface area contributed by atoms with Crippen LogP contribution in [0.1, 0.15) is 32.0 Å². The van der Waals surface area contributed by atoms with Gasteiger partial charge in [0.15, 0.2) is 5.82 Å². The summed E-state index contributed by atoms with van der Waals surface area (Å²) in [6, 6.07) is 3.37. The second-order valence-corrected chi connectivity index (χ2v) is 11.5. The number of hydrogen-bond acceptors (Lipinski definition) is 8. The van der Waals surface area contributed by atoms with E-state index in [-0.39, 0.29) is 5.91 Å². The van der Waals surface area contributed by atoms with E-state index in [4.69, 9.17) is 4.52 Å². The lowest BCUT2D eigenvalue weighted by Crippen LogP contribution is -2.48. The van der Waals surface area contributed by atoms with Gasteiger partial charge in [-0.05, 0) is 41.9 Å². The average Bonchev–Trinajstić information content (AvgIpc) is 3.37. The Hall–Kier alpha value is -1.34. The zero-order valence-corrected chi connectivity index (χ0v) is 20.3. The molecule has 2 aromatic heterocycles. The quantitative estimate of drug-likeness (QED) is 0.500. The SMILES string of the molecule is CCN(CC)C(=O)CCc1nc(CN2CCN(S(=O)(=O)c3ccc(Br)s3)CC2)no1. The van der Waals surface area contributed by atoms with Crippen LogP contribution in [0.25, 0.3) is 0 Å². The Labute approximate surface area is 189 Å². The van der Waals surface area contributed by atoms with Gasteiger partial charge >= 0.3 is 0 Å². The summed E-state index contributed by atoms with van der Waals surface area (Å²) in [6.45, 7) is 7.80. The van der Waals surface area contributed by atoms with E-state index in [1.54, 1.807) is 17.0 Å². The molecule has 0 unspecified atom stereocenters. The van der Waals surface area contributed by atoms with Crippen LogP contribution in [-0.4, -0.2) is 77.8 Å². The Kier molecular flexibility index (Phi) is 8.02. The molecule has 12 heteroatoms. The van der Waals surface area contributed by atoms with Gasteiger partial charge in [-0.15, -0.1) is 11.3 Å². The molecular formula is C18H26BrN5O4S2. The first-order chi connectivity index (χ1) is 14.3. The summed E-state index contributed by atoms with van der Waals surface area (Å²) < 4.78 is 33.4. The maximum absolute atomic E-state index is 12.7. The minimum atomic E-state index is -3.45. The van der Waals surface area contributed by atoms with E-state index in [1.165, 1.54) is 15.6 Å². The van der Waals surface area contributed by atoms with Crippen molar-refractivity contribution in [3.8, 4) is 0 Å². The van der Waals surface area contributed by atoms with Crippen molar-refractivity contribution in [3.05, 3.63) is 27.6 Å². The van der Waals surface area contributed by atoms with Crippen molar-refractivity contribution in [2.75, 3.05) is 39.3 Å². The number of amides is 1. The largest absolute Gasteiger partial charge is 0.343 e. The summed E-state index contributed by atoms with van der Waals surface area (Å²) in [7, 11) is -3.45. The highest BCUT2D eigenvalue weighted by Crippen LogP contribution is 2.29. The number of halogens is 1. The number of aromatic nitrogens is 2. The van der Waals surface area contributed by atoms with Gasteiger partial charge in [0.1, 0.15) is 4.21 Å². The second-order valence-electron chi connectivity index (χ2n) is 6.91. The highest BCUT2D eigenvalue weighted by molar-refractivity contribution is 9.11. The van der Waals surface area contributed by atoms with Crippen LogP contribution in [0.2, 0.25) is 0 Å². The first-order valence-corrected chi connectivity index (χ1v) is 13.0. The summed E-state index contributed by atoms with van der Waals surface area (Å²) in [5, 5.41) is 4.00. The van der Waals surface area contributed by atoms with Crippen molar-refractivity contribution in [1.29, 1.82) is 0 Å². The molecular weight excluding hydrogens is 494 g/mol. The van der Waals surface area contributed by atoms with Gasteiger partial charge in [-0.3, -0.25) is 9.69 Å². The third-order valence-corrected chi connectivity index (χ3v) is 9.01. The van der Waals surface area contributed by atoms with Crippen LogP contribution >= 0.6 is 27.3 Å². The molecule has 30 heavy (non-hydrogen) atoms. The first kappa shape index (κ1) is 23.3. The lowest BCUT2D eigenvalue weighted by molar-refractivity contribution is -0.130. The Morgan fingerprint density at radius 2 is 1.93 bits per heavy atom. The zero-order chi connectivity index (χ0) is 21.7. The van der Waals surface area contributed by atoms with Crippen molar-refractivity contribution >= 4 is 43.2 Å². The summed E-state index contributed by atoms with van der Waals surface area (Å²) in [6.07, 6.45) is 0.767. The molecule has 0 bridgehead atoms. The van der Waals surface area contributed by atoms with Crippen LogP contribution in [0.15, 0.2) is 24.7 Å². The topological polar surface area (TPSA) is 99.9 Å². The van der Waals surface area contributed by atoms with Crippen LogP contribution in [0.3, 0.4) is 0 Å². The smallest absolute Gasteiger partial charge is 0.252 e. The van der Waals surface area contributed by atoms with Gasteiger partial charge in [-0.25, -0.2) is 8.42 Å². The van der Waals surface area contributed by atoms with E-state index in [1.807, 2.05) is 13.8 Å². The number of sulfonamides is 1. The minimum Gasteiger partial charge on any atom is -0.343 e. The van der Waals surface area contributed by atoms with Crippen LogP contribution in [-0.2, 0) is 27.8 Å². The monoisotopic (exact) mass is 519 g/mol. The molecule has 0 atom stereocenters. The highest BCUT2D eigenvalue weighted by atomic mass is 79.9. The number of rotatable bonds is 9. The van der Waals surface area contributed by atoms with Gasteiger partial charge in [0.25, 0.3) is 10.0 Å². The van der Waals surface area contributed by atoms with Gasteiger partial charge in [-0.1, -0.05) is 5.16 Å². The third kappa shape index (κ3) is 5.67. The lowest BCUT2D eigenvalue weighted by Gasteiger charge is -2.32. The molecule has 1 amide bonds. The van der Waals surface area contributed by atoms with Crippen LogP contribution < -0.4 is 0 Å². The molecule has 0 radical (unpaired) electrons. The second kappa shape index (κ2) is 10.3. The van der Waals surface area contributed by atoms with E-state index < -0.39 is 10.0 Å². The maximum Gasteiger partial charge on any atom is 0.252 e. The van der Waals surface area contributed by atoms with E-state index in [2.05, 4.69) is 31.0 Å². The fraction of sp³-hybridized carbons (Fsp3) is 0.611. The molecule has 0 N–H and O–H groups in total. The molecule has 0 saturated carbocycles. The summed E-state index contributed by atoms with van der Waals surface area (Å²) in [4.78, 5) is 20.4. The van der Waals surface area contributed by atoms with Crippen molar-refractivity contribution in [2.45, 2.75) is 37.4 Å². The maximum atomic E-state index is 12.7. The molecule has 166 valence electrons. The zero-order valence-electron chi connectivity index (χ0n) is 17.1. The average molecular weight is 520 g/mol. The van der Waals surface area contributed by atoms with Crippen molar-refractivity contribution < 1.29 is 17.7 Å². The predicted molar refractivity (Wildman–Crippen MR) is 117 cm³/mol. The Morgan fingerprint density at radius 1 is 1.23 bits per heavy atom. The summed E-state index contributed by atoms with van der Waals surface area (Å²) in [5.74, 6) is 1.09. The number of hydrogen-bond donors (Lipinski definition) is 0. The molecule has 0 aromatic carbocycles. The van der Waals surface area contributed by atoms with Gasteiger partial charge in [0.2, 0.25) is 11.8 Å². The van der Waals surface area contributed by atoms with Crippen molar-refractivity contribution in [3.63, 3.8) is 0 Å². The number of thiophene rings is 1. The van der Waals surface area contributed by atoms with Crippen molar-refractivity contribution in [2.24, 2.45) is 0 Å². The fourth-order valence-corrected chi connectivity index (χ4v) is 6.88. The molecule has 1 aliphatic heterocycles. The van der Waals surface area contributed by atoms with Crippen LogP contribution in [0.5, 0.6) is 0 Å². The number of nitrogens with zero attached hydrogens (tertiary/aromatic N) is 5. The molecule has 2 aromatic rings. The Morgan fingerprint density at radius 3 is 2.53 bits per heavy atom. The van der Waals surface area contributed by atoms with Gasteiger partial charge in [0, 0.05) is 52.1 Å². The van der Waals surface area contributed by atoms with Crippen LogP contribution in [0.4, 0.5) is 0 Å². The molecule has 3 heterocycles. The molecule has 3 rings (SSSR count). The van der Waals surface area contributed by atoms with E-state index in [0.29, 0.717) is 74.6 Å². The number of piperazine rings is 1. The summed E-state index contributed by atoms with van der Waals surface area (Å²) in [5.41, 5.74) is 0. The number of carbonyl (C=O) groups excluding carboxylic acids is 1. The van der Waals surface area contributed by atoms with E-state index in [0.717, 1.165) is 3.79 Å². The molecule has 0 spiro atoms. The molecule has 1 fully saturated rings. The highest BCUT2D eigenvalue weighted by Gasteiger charge is 2.30. The van der Waals surface area contributed by atoms with Gasteiger partial charge in [-0.2, -0.15) is 9.29 Å².